The van der Waals surface area contributed by atoms with Crippen molar-refractivity contribution in [3.05, 3.63) is 90.6 Å². The van der Waals surface area contributed by atoms with Gasteiger partial charge >= 0.3 is 0 Å². The Labute approximate surface area is 219 Å². The number of hydrogen-bond acceptors (Lipinski definition) is 7. The maximum Gasteiger partial charge on any atom is 0.271 e. The third-order valence-corrected chi connectivity index (χ3v) is 7.22. The predicted octanol–water partition coefficient (Wildman–Crippen LogP) is 3.01. The lowest BCUT2D eigenvalue weighted by Crippen LogP contribution is -2.43. The Morgan fingerprint density at radius 1 is 1.16 bits per heavy atom. The van der Waals surface area contributed by atoms with E-state index in [1.807, 2.05) is 62.4 Å². The summed E-state index contributed by atoms with van der Waals surface area (Å²) in [7, 11) is 1.57. The SMILES string of the molecule is CCN(CC)C(=O)C1=C(C)N=c2s/c(=C/c3ccccc3OCC#N)c(=O)n2[C@H]1c1ccccc1OC. The molecule has 37 heavy (non-hydrogen) atoms. The molecule has 8 nitrogen and oxygen atoms in total. The van der Waals surface area contributed by atoms with E-state index in [0.717, 1.165) is 0 Å². The first-order valence-corrected chi connectivity index (χ1v) is 12.8. The molecule has 4 rings (SSSR count). The minimum atomic E-state index is -0.701. The largest absolute Gasteiger partial charge is 0.496 e. The zero-order valence-corrected chi connectivity index (χ0v) is 22.0. The van der Waals surface area contributed by atoms with Crippen LogP contribution < -0.4 is 24.4 Å². The number of allylic oxidation sites excluding steroid dienone is 1. The Bertz CT molecular complexity index is 1570. The molecule has 2 heterocycles. The van der Waals surface area contributed by atoms with Gasteiger partial charge in [-0.05, 0) is 39.0 Å². The molecule has 0 radical (unpaired) electrons. The second-order valence-electron chi connectivity index (χ2n) is 8.29. The van der Waals surface area contributed by atoms with Gasteiger partial charge in [-0.1, -0.05) is 47.7 Å². The zero-order valence-electron chi connectivity index (χ0n) is 21.2. The van der Waals surface area contributed by atoms with Crippen LogP contribution in [0.2, 0.25) is 0 Å². The lowest BCUT2D eigenvalue weighted by molar-refractivity contribution is -0.127. The second kappa shape index (κ2) is 11.3. The van der Waals surface area contributed by atoms with Crippen molar-refractivity contribution in [2.75, 3.05) is 26.8 Å². The van der Waals surface area contributed by atoms with Crippen molar-refractivity contribution < 1.29 is 14.3 Å². The number of rotatable bonds is 8. The Hall–Kier alpha value is -4.16. The number of hydrogen-bond donors (Lipinski definition) is 0. The number of fused-ring (bicyclic) bond motifs is 1. The van der Waals surface area contributed by atoms with Gasteiger partial charge < -0.3 is 14.4 Å². The van der Waals surface area contributed by atoms with Crippen LogP contribution >= 0.6 is 11.3 Å². The fourth-order valence-corrected chi connectivity index (χ4v) is 5.48. The molecule has 0 bridgehead atoms. The molecule has 0 spiro atoms. The van der Waals surface area contributed by atoms with Gasteiger partial charge in [-0.2, -0.15) is 5.26 Å². The monoisotopic (exact) mass is 516 g/mol. The standard InChI is InChI=1S/C28H28N4O4S/c1-5-31(6-2)27(34)24-18(3)30-28-32(25(24)20-12-8-10-14-22(20)35-4)26(33)23(37-28)17-19-11-7-9-13-21(19)36-16-15-29/h7-14,17,25H,5-6,16H2,1-4H3/b23-17+/t25-/m0/s1. The molecular formula is C28H28N4O4S. The van der Waals surface area contributed by atoms with E-state index in [9.17, 15) is 9.59 Å². The van der Waals surface area contributed by atoms with Crippen molar-refractivity contribution in [2.24, 2.45) is 4.99 Å². The second-order valence-corrected chi connectivity index (χ2v) is 9.29. The highest BCUT2D eigenvalue weighted by Gasteiger charge is 2.35. The fourth-order valence-electron chi connectivity index (χ4n) is 4.45. The van der Waals surface area contributed by atoms with Gasteiger partial charge in [-0.15, -0.1) is 0 Å². The van der Waals surface area contributed by atoms with E-state index >= 15 is 0 Å². The van der Waals surface area contributed by atoms with Crippen molar-refractivity contribution >= 4 is 23.3 Å². The summed E-state index contributed by atoms with van der Waals surface area (Å²) in [6, 6.07) is 15.9. The third kappa shape index (κ3) is 4.93. The molecule has 0 N–H and O–H groups in total. The van der Waals surface area contributed by atoms with Crippen molar-refractivity contribution in [2.45, 2.75) is 26.8 Å². The summed E-state index contributed by atoms with van der Waals surface area (Å²) >= 11 is 1.25. The lowest BCUT2D eigenvalue weighted by Gasteiger charge is -2.29. The van der Waals surface area contributed by atoms with E-state index in [1.165, 1.54) is 11.3 Å². The highest BCUT2D eigenvalue weighted by atomic mass is 32.1. The van der Waals surface area contributed by atoms with Crippen LogP contribution in [0.1, 0.15) is 37.9 Å². The fraction of sp³-hybridized carbons (Fsp3) is 0.286. The molecule has 3 aromatic rings. The Balaban J connectivity index is 1.97. The Morgan fingerprint density at radius 2 is 1.84 bits per heavy atom. The van der Waals surface area contributed by atoms with Gasteiger partial charge in [0.15, 0.2) is 11.4 Å². The minimum absolute atomic E-state index is 0.101. The Morgan fingerprint density at radius 3 is 2.51 bits per heavy atom. The van der Waals surface area contributed by atoms with Gasteiger partial charge in [-0.25, -0.2) is 4.99 Å². The molecule has 0 saturated carbocycles. The van der Waals surface area contributed by atoms with E-state index < -0.39 is 6.04 Å². The van der Waals surface area contributed by atoms with Crippen LogP contribution in [0.4, 0.5) is 0 Å². The van der Waals surface area contributed by atoms with Crippen molar-refractivity contribution in [3.63, 3.8) is 0 Å². The van der Waals surface area contributed by atoms with Crippen LogP contribution in [0.3, 0.4) is 0 Å². The van der Waals surface area contributed by atoms with Crippen molar-refractivity contribution in [3.8, 4) is 17.6 Å². The van der Waals surface area contributed by atoms with Gasteiger partial charge in [0.1, 0.15) is 23.6 Å². The van der Waals surface area contributed by atoms with Crippen molar-refractivity contribution in [1.82, 2.24) is 9.47 Å². The Kier molecular flexibility index (Phi) is 7.89. The predicted molar refractivity (Wildman–Crippen MR) is 142 cm³/mol. The number of nitriles is 1. The van der Waals surface area contributed by atoms with Gasteiger partial charge in [-0.3, -0.25) is 14.2 Å². The summed E-state index contributed by atoms with van der Waals surface area (Å²) in [6.45, 7) is 6.63. The number of carbonyl (C=O) groups is 1. The number of aromatic nitrogens is 1. The summed E-state index contributed by atoms with van der Waals surface area (Å²) in [5, 5.41) is 8.92. The molecular weight excluding hydrogens is 488 g/mol. The number of carbonyl (C=O) groups excluding carboxylic acids is 1. The number of para-hydroxylation sites is 2. The number of thiazole rings is 1. The topological polar surface area (TPSA) is 96.9 Å². The number of amides is 1. The number of benzene rings is 2. The van der Waals surface area contributed by atoms with Crippen LogP contribution in [-0.4, -0.2) is 42.2 Å². The lowest BCUT2D eigenvalue weighted by atomic mass is 9.94. The van der Waals surface area contributed by atoms with Gasteiger partial charge in [0.05, 0.1) is 22.9 Å². The first kappa shape index (κ1) is 25.9. The molecule has 1 aliphatic rings. The average molecular weight is 517 g/mol. The molecule has 1 aliphatic heterocycles. The minimum Gasteiger partial charge on any atom is -0.496 e. The molecule has 0 unspecified atom stereocenters. The van der Waals surface area contributed by atoms with E-state index in [-0.39, 0.29) is 18.1 Å². The number of nitrogens with zero attached hydrogens (tertiary/aromatic N) is 4. The summed E-state index contributed by atoms with van der Waals surface area (Å²) in [5.74, 6) is 0.924. The average Bonchev–Trinajstić information content (AvgIpc) is 3.22. The van der Waals surface area contributed by atoms with E-state index in [2.05, 4.69) is 0 Å². The highest BCUT2D eigenvalue weighted by molar-refractivity contribution is 7.07. The number of likely N-dealkylation sites (N-methyl/N-ethyl adjacent to an activating group) is 1. The van der Waals surface area contributed by atoms with Crippen molar-refractivity contribution in [1.29, 1.82) is 5.26 Å². The van der Waals surface area contributed by atoms with Crippen LogP contribution in [0.25, 0.3) is 6.08 Å². The molecule has 9 heteroatoms. The van der Waals surface area contributed by atoms with Gasteiger partial charge in [0.2, 0.25) is 0 Å². The number of methoxy groups -OCH3 is 1. The van der Waals surface area contributed by atoms with Crippen LogP contribution in [0.15, 0.2) is 69.6 Å². The summed E-state index contributed by atoms with van der Waals surface area (Å²) in [5.41, 5.74) is 2.13. The van der Waals surface area contributed by atoms with Crippen LogP contribution in [0, 0.1) is 11.3 Å². The van der Waals surface area contributed by atoms with Gasteiger partial charge in [0, 0.05) is 24.2 Å². The quantitative estimate of drug-likeness (QED) is 0.459. The van der Waals surface area contributed by atoms with E-state index in [0.29, 0.717) is 56.3 Å². The molecule has 1 amide bonds. The third-order valence-electron chi connectivity index (χ3n) is 6.23. The molecule has 0 saturated heterocycles. The first-order valence-electron chi connectivity index (χ1n) is 12.0. The summed E-state index contributed by atoms with van der Waals surface area (Å²) < 4.78 is 13.2. The maximum atomic E-state index is 13.9. The highest BCUT2D eigenvalue weighted by Crippen LogP contribution is 2.36. The van der Waals surface area contributed by atoms with E-state index in [4.69, 9.17) is 19.7 Å². The molecule has 190 valence electrons. The van der Waals surface area contributed by atoms with Crippen LogP contribution in [0.5, 0.6) is 11.5 Å². The summed E-state index contributed by atoms with van der Waals surface area (Å²) in [4.78, 5) is 34.6. The first-order chi connectivity index (χ1) is 17.9. The normalized spacial score (nSPS) is 15.0. The molecule has 1 aromatic heterocycles. The maximum absolute atomic E-state index is 13.9. The molecule has 2 aromatic carbocycles. The number of ether oxygens (including phenoxy) is 2. The van der Waals surface area contributed by atoms with Gasteiger partial charge in [0.25, 0.3) is 11.5 Å². The molecule has 1 atom stereocenters. The van der Waals surface area contributed by atoms with E-state index in [1.54, 1.807) is 35.6 Å². The molecule has 0 fully saturated rings. The van der Waals surface area contributed by atoms with Crippen LogP contribution in [-0.2, 0) is 4.79 Å². The zero-order chi connectivity index (χ0) is 26.5. The smallest absolute Gasteiger partial charge is 0.271 e. The summed E-state index contributed by atoms with van der Waals surface area (Å²) in [6.07, 6.45) is 1.74. The molecule has 0 aliphatic carbocycles.